The first-order chi connectivity index (χ1) is 14.7. The first kappa shape index (κ1) is 19.5. The van der Waals surface area contributed by atoms with Crippen LogP contribution in [-0.2, 0) is 4.74 Å². The van der Waals surface area contributed by atoms with Gasteiger partial charge in [-0.25, -0.2) is 4.79 Å². The van der Waals surface area contributed by atoms with Gasteiger partial charge in [-0.2, -0.15) is 5.26 Å². The van der Waals surface area contributed by atoms with Crippen molar-refractivity contribution in [2.45, 2.75) is 12.8 Å². The van der Waals surface area contributed by atoms with Crippen molar-refractivity contribution >= 4 is 12.2 Å². The molecule has 0 spiro atoms. The fourth-order valence-corrected chi connectivity index (χ4v) is 3.91. The van der Waals surface area contributed by atoms with Gasteiger partial charge in [-0.1, -0.05) is 66.7 Å². The lowest BCUT2D eigenvalue weighted by Crippen LogP contribution is -2.26. The average molecular weight is 394 g/mol. The minimum Gasteiger partial charge on any atom is -0.449 e. The van der Waals surface area contributed by atoms with Crippen LogP contribution in [-0.4, -0.2) is 19.2 Å². The van der Waals surface area contributed by atoms with Crippen LogP contribution in [0.1, 0.15) is 33.7 Å². The summed E-state index contributed by atoms with van der Waals surface area (Å²) in [5.74, 6) is 0.0555. The molecule has 4 nitrogen and oxygen atoms in total. The van der Waals surface area contributed by atoms with Crippen LogP contribution in [0, 0.1) is 18.3 Å². The summed E-state index contributed by atoms with van der Waals surface area (Å²) in [4.78, 5) is 12.2. The van der Waals surface area contributed by atoms with Crippen LogP contribution in [0.5, 0.6) is 0 Å². The first-order valence-electron chi connectivity index (χ1n) is 9.93. The van der Waals surface area contributed by atoms with E-state index in [2.05, 4.69) is 35.7 Å². The van der Waals surface area contributed by atoms with Gasteiger partial charge in [-0.3, -0.25) is 0 Å². The van der Waals surface area contributed by atoms with Crippen LogP contribution in [0.15, 0.2) is 72.8 Å². The van der Waals surface area contributed by atoms with Crippen molar-refractivity contribution in [2.75, 3.05) is 13.2 Å². The lowest BCUT2D eigenvalue weighted by Gasteiger charge is -2.14. The van der Waals surface area contributed by atoms with Crippen LogP contribution in [0.2, 0.25) is 0 Å². The summed E-state index contributed by atoms with van der Waals surface area (Å²) in [5.41, 5.74) is 7.49. The molecular weight excluding hydrogens is 372 g/mol. The standard InChI is InChI=1S/C26H22N2O2/c1-18-15-19(16-27)12-13-20(18)7-6-14-28-26(29)30-17-25-23-10-4-2-8-21(23)22-9-3-5-11-24(22)25/h2-13,15,25H,14,17H2,1H3,(H,28,29). The minimum absolute atomic E-state index is 0.0555. The molecule has 1 aliphatic rings. The quantitative estimate of drug-likeness (QED) is 0.629. The summed E-state index contributed by atoms with van der Waals surface area (Å²) < 4.78 is 5.53. The third-order valence-corrected chi connectivity index (χ3v) is 5.40. The molecule has 0 radical (unpaired) electrons. The molecule has 0 saturated heterocycles. The highest BCUT2D eigenvalue weighted by molar-refractivity contribution is 5.79. The number of amides is 1. The maximum absolute atomic E-state index is 12.2. The second-order valence-electron chi connectivity index (χ2n) is 7.29. The molecule has 0 saturated carbocycles. The Kier molecular flexibility index (Phi) is 5.63. The molecular formula is C26H22N2O2. The summed E-state index contributed by atoms with van der Waals surface area (Å²) in [6, 6.07) is 24.2. The third-order valence-electron chi connectivity index (χ3n) is 5.40. The first-order valence-corrected chi connectivity index (χ1v) is 9.93. The number of carbonyl (C=O) groups is 1. The van der Waals surface area contributed by atoms with Crippen LogP contribution in [0.4, 0.5) is 4.79 Å². The molecule has 4 heteroatoms. The van der Waals surface area contributed by atoms with Gasteiger partial charge in [0.2, 0.25) is 0 Å². The molecule has 0 aliphatic heterocycles. The van der Waals surface area contributed by atoms with E-state index in [1.807, 2.05) is 55.5 Å². The molecule has 0 aromatic heterocycles. The molecule has 3 aromatic carbocycles. The molecule has 1 N–H and O–H groups in total. The molecule has 0 bridgehead atoms. The SMILES string of the molecule is Cc1cc(C#N)ccc1C=CCNC(=O)OCC1c2ccccc2-c2ccccc21. The van der Waals surface area contributed by atoms with Gasteiger partial charge in [-0.05, 0) is 52.4 Å². The number of nitriles is 1. The topological polar surface area (TPSA) is 62.1 Å². The van der Waals surface area contributed by atoms with Crippen molar-refractivity contribution < 1.29 is 9.53 Å². The smallest absolute Gasteiger partial charge is 0.407 e. The minimum atomic E-state index is -0.432. The number of fused-ring (bicyclic) bond motifs is 3. The summed E-state index contributed by atoms with van der Waals surface area (Å²) in [6.45, 7) is 2.63. The Morgan fingerprint density at radius 2 is 1.73 bits per heavy atom. The van der Waals surface area contributed by atoms with Gasteiger partial charge in [0, 0.05) is 12.5 Å². The zero-order chi connectivity index (χ0) is 20.9. The van der Waals surface area contributed by atoms with E-state index in [0.717, 1.165) is 11.1 Å². The molecule has 1 aliphatic carbocycles. The number of aryl methyl sites for hydroxylation is 1. The number of benzene rings is 3. The van der Waals surface area contributed by atoms with E-state index in [9.17, 15) is 4.79 Å². The molecule has 4 rings (SSSR count). The largest absolute Gasteiger partial charge is 0.449 e. The molecule has 148 valence electrons. The van der Waals surface area contributed by atoms with Crippen LogP contribution < -0.4 is 5.32 Å². The van der Waals surface area contributed by atoms with Crippen LogP contribution in [0.25, 0.3) is 17.2 Å². The van der Waals surface area contributed by atoms with Crippen molar-refractivity contribution in [2.24, 2.45) is 0 Å². The molecule has 0 fully saturated rings. The second-order valence-corrected chi connectivity index (χ2v) is 7.29. The zero-order valence-electron chi connectivity index (χ0n) is 16.8. The summed E-state index contributed by atoms with van der Waals surface area (Å²) in [6.07, 6.45) is 3.37. The molecule has 1 amide bonds. The predicted molar refractivity (Wildman–Crippen MR) is 118 cm³/mol. The Bertz CT molecular complexity index is 1110. The van der Waals surface area contributed by atoms with Crippen molar-refractivity contribution in [1.29, 1.82) is 5.26 Å². The maximum Gasteiger partial charge on any atom is 0.407 e. The second kappa shape index (κ2) is 8.67. The number of hydrogen-bond acceptors (Lipinski definition) is 3. The highest BCUT2D eigenvalue weighted by Crippen LogP contribution is 2.44. The Morgan fingerprint density at radius 3 is 2.37 bits per heavy atom. The van der Waals surface area contributed by atoms with Crippen molar-refractivity contribution in [3.05, 3.63) is 101 Å². The van der Waals surface area contributed by atoms with E-state index < -0.39 is 6.09 Å². The summed E-state index contributed by atoms with van der Waals surface area (Å²) in [7, 11) is 0. The van der Waals surface area contributed by atoms with E-state index in [1.165, 1.54) is 22.3 Å². The number of carbonyl (C=O) groups excluding carboxylic acids is 1. The van der Waals surface area contributed by atoms with E-state index >= 15 is 0 Å². The lowest BCUT2D eigenvalue weighted by molar-refractivity contribution is 0.144. The van der Waals surface area contributed by atoms with Crippen LogP contribution in [0.3, 0.4) is 0 Å². The lowest BCUT2D eigenvalue weighted by atomic mass is 9.98. The summed E-state index contributed by atoms with van der Waals surface area (Å²) >= 11 is 0. The fourth-order valence-electron chi connectivity index (χ4n) is 3.91. The molecule has 0 heterocycles. The predicted octanol–water partition coefficient (Wildman–Crippen LogP) is 5.42. The number of hydrogen-bond donors (Lipinski definition) is 1. The number of nitrogens with zero attached hydrogens (tertiary/aromatic N) is 1. The number of alkyl carbamates (subject to hydrolysis) is 1. The fraction of sp³-hybridized carbons (Fsp3) is 0.154. The van der Waals surface area contributed by atoms with E-state index in [0.29, 0.717) is 18.7 Å². The monoisotopic (exact) mass is 394 g/mol. The Balaban J connectivity index is 1.33. The van der Waals surface area contributed by atoms with Gasteiger partial charge < -0.3 is 10.1 Å². The van der Waals surface area contributed by atoms with Gasteiger partial charge in [0.25, 0.3) is 0 Å². The van der Waals surface area contributed by atoms with Gasteiger partial charge in [0.15, 0.2) is 0 Å². The van der Waals surface area contributed by atoms with Gasteiger partial charge in [0.1, 0.15) is 6.61 Å². The van der Waals surface area contributed by atoms with Gasteiger partial charge >= 0.3 is 6.09 Å². The van der Waals surface area contributed by atoms with Crippen LogP contribution >= 0.6 is 0 Å². The van der Waals surface area contributed by atoms with E-state index in [-0.39, 0.29) is 5.92 Å². The molecule has 3 aromatic rings. The van der Waals surface area contributed by atoms with Gasteiger partial charge in [-0.15, -0.1) is 0 Å². The molecule has 30 heavy (non-hydrogen) atoms. The normalized spacial score (nSPS) is 12.3. The van der Waals surface area contributed by atoms with Crippen molar-refractivity contribution in [3.8, 4) is 17.2 Å². The Hall–Kier alpha value is -3.84. The van der Waals surface area contributed by atoms with Gasteiger partial charge in [0.05, 0.1) is 11.6 Å². The number of rotatable bonds is 5. The zero-order valence-corrected chi connectivity index (χ0v) is 16.8. The van der Waals surface area contributed by atoms with E-state index in [1.54, 1.807) is 6.07 Å². The highest BCUT2D eigenvalue weighted by Gasteiger charge is 2.28. The number of ether oxygens (including phenoxy) is 1. The van der Waals surface area contributed by atoms with Crippen molar-refractivity contribution in [3.63, 3.8) is 0 Å². The highest BCUT2D eigenvalue weighted by atomic mass is 16.5. The molecule has 0 atom stereocenters. The van der Waals surface area contributed by atoms with E-state index in [4.69, 9.17) is 10.00 Å². The van der Waals surface area contributed by atoms with Crippen molar-refractivity contribution in [1.82, 2.24) is 5.32 Å². The molecule has 0 unspecified atom stereocenters. The average Bonchev–Trinajstić information content (AvgIpc) is 3.10. The maximum atomic E-state index is 12.2. The third kappa shape index (κ3) is 3.97. The Morgan fingerprint density at radius 1 is 1.07 bits per heavy atom. The Labute approximate surface area is 176 Å². The summed E-state index contributed by atoms with van der Waals surface area (Å²) in [5, 5.41) is 11.7. The number of nitrogens with one attached hydrogen (secondary N) is 1.